The third-order valence-electron chi connectivity index (χ3n) is 5.96. The van der Waals surface area contributed by atoms with Crippen LogP contribution in [0.3, 0.4) is 0 Å². The fourth-order valence-electron chi connectivity index (χ4n) is 3.71. The number of nitrogens with one attached hydrogen (secondary N) is 1. The van der Waals surface area contributed by atoms with Gasteiger partial charge in [-0.1, -0.05) is 0 Å². The van der Waals surface area contributed by atoms with Crippen molar-refractivity contribution in [3.63, 3.8) is 0 Å². The maximum absolute atomic E-state index is 13.1. The maximum Gasteiger partial charge on any atom is 0.359 e. The van der Waals surface area contributed by atoms with Crippen molar-refractivity contribution in [2.75, 3.05) is 19.8 Å². The van der Waals surface area contributed by atoms with Crippen molar-refractivity contribution < 1.29 is 38.0 Å². The molecule has 3 N–H and O–H groups in total. The van der Waals surface area contributed by atoms with Crippen LogP contribution in [0.25, 0.3) is 0 Å². The summed E-state index contributed by atoms with van der Waals surface area (Å²) in [5, 5.41) is 8.81. The maximum atomic E-state index is 13.1. The van der Waals surface area contributed by atoms with Crippen LogP contribution in [0, 0.1) is 6.92 Å². The van der Waals surface area contributed by atoms with E-state index in [1.54, 1.807) is 6.92 Å². The number of ether oxygens (including phenoxy) is 4. The first-order valence-corrected chi connectivity index (χ1v) is 12.9. The number of rotatable bonds is 10. The molecule has 34 heavy (non-hydrogen) atoms. The molecule has 0 aromatic carbocycles. The molecule has 1 aromatic rings. The summed E-state index contributed by atoms with van der Waals surface area (Å²) >= 11 is 0. The van der Waals surface area contributed by atoms with Crippen LogP contribution >= 0.6 is 7.60 Å². The van der Waals surface area contributed by atoms with Crippen molar-refractivity contribution in [2.45, 2.75) is 89.6 Å². The fraction of sp³-hybridized carbons (Fsp3) is 0.810. The second-order valence-corrected chi connectivity index (χ2v) is 11.7. The van der Waals surface area contributed by atoms with Gasteiger partial charge in [0.1, 0.15) is 18.4 Å². The highest BCUT2D eigenvalue weighted by atomic mass is 31.2. The van der Waals surface area contributed by atoms with Gasteiger partial charge >= 0.3 is 13.3 Å². The molecule has 0 aliphatic carbocycles. The Morgan fingerprint density at radius 2 is 2.00 bits per heavy atom. The molecule has 3 unspecified atom stereocenters. The molecule has 0 spiro atoms. The Morgan fingerprint density at radius 3 is 2.68 bits per heavy atom. The van der Waals surface area contributed by atoms with Crippen LogP contribution in [0.1, 0.15) is 52.3 Å². The highest BCUT2D eigenvalue weighted by Crippen LogP contribution is 2.57. The Morgan fingerprint density at radius 1 is 1.29 bits per heavy atom. The largest absolute Gasteiger partial charge is 0.390 e. The molecule has 3 heterocycles. The quantitative estimate of drug-likeness (QED) is 0.391. The van der Waals surface area contributed by atoms with Gasteiger partial charge in [-0.3, -0.25) is 18.9 Å². The number of H-pyrrole nitrogens is 1. The van der Waals surface area contributed by atoms with E-state index >= 15 is 0 Å². The number of aryl methyl sites for hydroxylation is 1. The summed E-state index contributed by atoms with van der Waals surface area (Å²) in [7, 11) is -4.29. The van der Waals surface area contributed by atoms with Crippen molar-refractivity contribution in [1.29, 1.82) is 0 Å². The van der Waals surface area contributed by atoms with Gasteiger partial charge in [-0.25, -0.2) is 4.79 Å². The average Bonchev–Trinajstić information content (AvgIpc) is 3.33. The third kappa shape index (κ3) is 6.24. The molecule has 2 saturated heterocycles. The van der Waals surface area contributed by atoms with Gasteiger partial charge in [0.25, 0.3) is 5.56 Å². The van der Waals surface area contributed by atoms with E-state index < -0.39 is 54.8 Å². The van der Waals surface area contributed by atoms with Gasteiger partial charge in [-0.05, 0) is 34.6 Å². The summed E-state index contributed by atoms with van der Waals surface area (Å²) in [5.74, 6) is 0. The normalized spacial score (nSPS) is 29.6. The molecular formula is C21H35N2O10P. The van der Waals surface area contributed by atoms with Crippen LogP contribution in [0.5, 0.6) is 0 Å². The van der Waals surface area contributed by atoms with E-state index in [9.17, 15) is 24.2 Å². The minimum atomic E-state index is -4.29. The van der Waals surface area contributed by atoms with Gasteiger partial charge in [0.05, 0.1) is 31.5 Å². The third-order valence-corrected chi connectivity index (χ3v) is 8.01. The lowest BCUT2D eigenvalue weighted by Gasteiger charge is -2.33. The standard InChI is InChI=1S/C21H35N2O10P/c1-12(2)30-10-17-15(6-7-29-17)33-34(27,28)21(4,5)31-11-16-14(24)8-18(32-16)23-9-13(3)19(25)22-20(23)26/h9,12,14-18,24H,6-8,10-11H2,1-5H3,(H,27,28)(H,22,25,26)/t14?,15?,16-,17-,18-/m1/s1. The number of aliphatic hydroxyl groups is 1. The molecule has 0 bridgehead atoms. The Labute approximate surface area is 197 Å². The number of aromatic amines is 1. The molecule has 12 nitrogen and oxygen atoms in total. The second-order valence-electron chi connectivity index (χ2n) is 9.41. The van der Waals surface area contributed by atoms with E-state index in [-0.39, 0.29) is 25.7 Å². The lowest BCUT2D eigenvalue weighted by atomic mass is 10.2. The van der Waals surface area contributed by atoms with E-state index in [1.807, 2.05) is 13.8 Å². The molecule has 194 valence electrons. The zero-order chi connectivity index (χ0) is 25.3. The van der Waals surface area contributed by atoms with Gasteiger partial charge in [-0.15, -0.1) is 0 Å². The minimum Gasteiger partial charge on any atom is -0.390 e. The molecule has 0 saturated carbocycles. The van der Waals surface area contributed by atoms with E-state index in [2.05, 4.69) is 4.98 Å². The van der Waals surface area contributed by atoms with Crippen molar-refractivity contribution in [1.82, 2.24) is 9.55 Å². The van der Waals surface area contributed by atoms with Crippen molar-refractivity contribution in [2.24, 2.45) is 0 Å². The van der Waals surface area contributed by atoms with Crippen LogP contribution in [0.2, 0.25) is 0 Å². The van der Waals surface area contributed by atoms with Gasteiger partial charge in [0.15, 0.2) is 5.34 Å². The monoisotopic (exact) mass is 506 g/mol. The van der Waals surface area contributed by atoms with Gasteiger partial charge in [0.2, 0.25) is 0 Å². The summed E-state index contributed by atoms with van der Waals surface area (Å²) in [5.41, 5.74) is -0.826. The first-order valence-electron chi connectivity index (χ1n) is 11.3. The van der Waals surface area contributed by atoms with Gasteiger partial charge < -0.3 is 33.5 Å². The van der Waals surface area contributed by atoms with Crippen LogP contribution in [-0.2, 0) is 28.0 Å². The number of aliphatic hydroxyl groups excluding tert-OH is 1. The van der Waals surface area contributed by atoms with E-state index in [1.165, 1.54) is 24.6 Å². The van der Waals surface area contributed by atoms with Gasteiger partial charge in [-0.2, -0.15) is 0 Å². The van der Waals surface area contributed by atoms with E-state index in [0.717, 1.165) is 0 Å². The van der Waals surface area contributed by atoms with Crippen molar-refractivity contribution >= 4 is 7.60 Å². The SMILES string of the molecule is Cc1cn([C@H]2CC(O)[C@@H](COC(C)(C)P(=O)(O)OC3CCO[C@@H]3COC(C)C)O2)c(=O)[nH]c1=O. The predicted octanol–water partition coefficient (Wildman–Crippen LogP) is 1.03. The molecule has 2 aliphatic rings. The smallest absolute Gasteiger partial charge is 0.359 e. The average molecular weight is 506 g/mol. The summed E-state index contributed by atoms with van der Waals surface area (Å²) in [6.45, 7) is 8.61. The summed E-state index contributed by atoms with van der Waals surface area (Å²) in [6.07, 6.45) is -1.84. The lowest BCUT2D eigenvalue weighted by molar-refractivity contribution is -0.0918. The first-order chi connectivity index (χ1) is 15.8. The van der Waals surface area contributed by atoms with Crippen LogP contribution < -0.4 is 11.2 Å². The zero-order valence-electron chi connectivity index (χ0n) is 20.1. The topological polar surface area (TPSA) is 159 Å². The number of hydrogen-bond donors (Lipinski definition) is 3. The Balaban J connectivity index is 1.60. The minimum absolute atomic E-state index is 0.0110. The van der Waals surface area contributed by atoms with Crippen LogP contribution in [-0.4, -0.2) is 75.2 Å². The number of aromatic nitrogens is 2. The highest BCUT2D eigenvalue weighted by Gasteiger charge is 2.47. The van der Waals surface area contributed by atoms with Crippen LogP contribution in [0.4, 0.5) is 0 Å². The second kappa shape index (κ2) is 10.7. The Kier molecular flexibility index (Phi) is 8.58. The molecule has 1 aromatic heterocycles. The summed E-state index contributed by atoms with van der Waals surface area (Å²) in [6, 6.07) is 0. The van der Waals surface area contributed by atoms with Crippen molar-refractivity contribution in [3.8, 4) is 0 Å². The van der Waals surface area contributed by atoms with Crippen LogP contribution in [0.15, 0.2) is 15.8 Å². The van der Waals surface area contributed by atoms with E-state index in [4.69, 9.17) is 23.5 Å². The van der Waals surface area contributed by atoms with E-state index in [0.29, 0.717) is 18.6 Å². The fourth-order valence-corrected chi connectivity index (χ4v) is 4.81. The highest BCUT2D eigenvalue weighted by molar-refractivity contribution is 7.54. The van der Waals surface area contributed by atoms with Crippen molar-refractivity contribution in [3.05, 3.63) is 32.6 Å². The molecule has 2 fully saturated rings. The molecule has 2 aliphatic heterocycles. The summed E-state index contributed by atoms with van der Waals surface area (Å²) in [4.78, 5) is 36.6. The summed E-state index contributed by atoms with van der Waals surface area (Å²) < 4.78 is 42.5. The molecule has 13 heteroatoms. The molecule has 0 radical (unpaired) electrons. The molecule has 3 rings (SSSR count). The predicted molar refractivity (Wildman–Crippen MR) is 121 cm³/mol. The number of nitrogens with zero attached hydrogens (tertiary/aromatic N) is 1. The zero-order valence-corrected chi connectivity index (χ0v) is 21.0. The Hall–Kier alpha value is -1.37. The lowest BCUT2D eigenvalue weighted by Crippen LogP contribution is -2.37. The molecule has 6 atom stereocenters. The molecule has 0 amide bonds. The first kappa shape index (κ1) is 27.2. The Bertz CT molecular complexity index is 1010. The molecular weight excluding hydrogens is 471 g/mol. The number of hydrogen-bond acceptors (Lipinski definition) is 9. The van der Waals surface area contributed by atoms with Gasteiger partial charge in [0, 0.05) is 31.2 Å².